The Morgan fingerprint density at radius 3 is 1.42 bits per heavy atom. The highest BCUT2D eigenvalue weighted by Gasteiger charge is 2.29. The van der Waals surface area contributed by atoms with Crippen LogP contribution in [0.5, 0.6) is 0 Å². The van der Waals surface area contributed by atoms with Gasteiger partial charge in [-0.3, -0.25) is 0 Å². The summed E-state index contributed by atoms with van der Waals surface area (Å²) in [5, 5.41) is 47.5. The van der Waals surface area contributed by atoms with Crippen molar-refractivity contribution in [2.24, 2.45) is 0 Å². The summed E-state index contributed by atoms with van der Waals surface area (Å²) in [7, 11) is 1.57. The maximum Gasteiger partial charge on any atom is 0.111 e. The van der Waals surface area contributed by atoms with E-state index in [0.29, 0.717) is 0 Å². The molecule has 7 heteroatoms. The highest BCUT2D eigenvalue weighted by molar-refractivity contribution is 4.81. The topological polar surface area (TPSA) is 116 Å². The predicted octanol–water partition coefficient (Wildman–Crippen LogP) is 0.330. The zero-order chi connectivity index (χ0) is 20.4. The van der Waals surface area contributed by atoms with Gasteiger partial charge in [0.25, 0.3) is 0 Å². The van der Waals surface area contributed by atoms with Gasteiger partial charge in [0, 0.05) is 6.54 Å². The molecule has 0 aromatic heterocycles. The SMILES string of the molecule is CCCCN(CCCC)CCCC.CNC[C@H](O)[C@@H](O)[C@H](O)[C@H](O)CO. The summed E-state index contributed by atoms with van der Waals surface area (Å²) >= 11 is 0. The number of aliphatic hydroxyl groups is 5. The minimum atomic E-state index is -1.55. The fourth-order valence-electron chi connectivity index (χ4n) is 2.37. The lowest BCUT2D eigenvalue weighted by atomic mass is 10.0. The molecule has 7 nitrogen and oxygen atoms in total. The van der Waals surface area contributed by atoms with Gasteiger partial charge in [-0.2, -0.15) is 0 Å². The van der Waals surface area contributed by atoms with Crippen LogP contribution < -0.4 is 5.32 Å². The Kier molecular flexibility index (Phi) is 20.9. The maximum absolute atomic E-state index is 9.21. The van der Waals surface area contributed by atoms with Gasteiger partial charge in [0.1, 0.15) is 18.3 Å². The van der Waals surface area contributed by atoms with E-state index in [2.05, 4.69) is 31.0 Å². The van der Waals surface area contributed by atoms with Gasteiger partial charge in [0.2, 0.25) is 0 Å². The number of nitrogens with zero attached hydrogens (tertiary/aromatic N) is 1. The Hall–Kier alpha value is -0.280. The van der Waals surface area contributed by atoms with Gasteiger partial charge in [-0.1, -0.05) is 40.0 Å². The van der Waals surface area contributed by atoms with Gasteiger partial charge in [0.15, 0.2) is 0 Å². The Labute approximate surface area is 160 Å². The van der Waals surface area contributed by atoms with Gasteiger partial charge in [-0.05, 0) is 45.9 Å². The Bertz CT molecular complexity index is 266. The molecular weight excluding hydrogens is 336 g/mol. The molecule has 6 N–H and O–H groups in total. The summed E-state index contributed by atoms with van der Waals surface area (Å²) in [4.78, 5) is 2.64. The molecule has 0 fully saturated rings. The number of unbranched alkanes of at least 4 members (excludes halogenated alkanes) is 3. The summed E-state index contributed by atoms with van der Waals surface area (Å²) in [6.45, 7) is 10.2. The average molecular weight is 381 g/mol. The van der Waals surface area contributed by atoms with Crippen LogP contribution in [-0.2, 0) is 0 Å². The van der Waals surface area contributed by atoms with Crippen LogP contribution in [0.3, 0.4) is 0 Å². The minimum absolute atomic E-state index is 0.0936. The highest BCUT2D eigenvalue weighted by atomic mass is 16.4. The fraction of sp³-hybridized carbons (Fsp3) is 1.00. The van der Waals surface area contributed by atoms with E-state index in [0.717, 1.165) is 0 Å². The van der Waals surface area contributed by atoms with E-state index < -0.39 is 31.0 Å². The highest BCUT2D eigenvalue weighted by Crippen LogP contribution is 2.04. The van der Waals surface area contributed by atoms with Crippen LogP contribution in [0.1, 0.15) is 59.3 Å². The number of nitrogens with one attached hydrogen (secondary N) is 1. The second-order valence-electron chi connectivity index (χ2n) is 6.76. The van der Waals surface area contributed by atoms with Crippen LogP contribution >= 0.6 is 0 Å². The van der Waals surface area contributed by atoms with E-state index in [1.54, 1.807) is 7.05 Å². The third-order valence-corrected chi connectivity index (χ3v) is 4.22. The van der Waals surface area contributed by atoms with Crippen molar-refractivity contribution in [2.75, 3.05) is 39.8 Å². The molecule has 0 radical (unpaired) electrons. The maximum atomic E-state index is 9.21. The zero-order valence-corrected chi connectivity index (χ0v) is 17.3. The molecule has 0 saturated heterocycles. The average Bonchev–Trinajstić information content (AvgIpc) is 2.66. The molecule has 0 unspecified atom stereocenters. The first-order valence-corrected chi connectivity index (χ1v) is 10.1. The molecule has 0 saturated carbocycles. The zero-order valence-electron chi connectivity index (χ0n) is 17.3. The number of rotatable bonds is 15. The second-order valence-corrected chi connectivity index (χ2v) is 6.76. The lowest BCUT2D eigenvalue weighted by Gasteiger charge is -2.25. The summed E-state index contributed by atoms with van der Waals surface area (Å²) in [5.74, 6) is 0. The third kappa shape index (κ3) is 14.8. The van der Waals surface area contributed by atoms with E-state index in [1.807, 2.05) is 0 Å². The first kappa shape index (κ1) is 27.9. The van der Waals surface area contributed by atoms with Crippen LogP contribution in [0.2, 0.25) is 0 Å². The quantitative estimate of drug-likeness (QED) is 0.242. The lowest BCUT2D eigenvalue weighted by Crippen LogP contribution is -2.48. The Balaban J connectivity index is 0. The molecule has 0 aliphatic rings. The van der Waals surface area contributed by atoms with Gasteiger partial charge >= 0.3 is 0 Å². The smallest absolute Gasteiger partial charge is 0.111 e. The molecule has 0 rings (SSSR count). The summed E-state index contributed by atoms with van der Waals surface area (Å²) in [6.07, 6.45) is 2.44. The van der Waals surface area contributed by atoms with Crippen molar-refractivity contribution in [3.63, 3.8) is 0 Å². The predicted molar refractivity (Wildman–Crippen MR) is 106 cm³/mol. The Morgan fingerprint density at radius 2 is 1.12 bits per heavy atom. The molecule has 0 heterocycles. The van der Waals surface area contributed by atoms with Crippen molar-refractivity contribution in [2.45, 2.75) is 83.7 Å². The first-order chi connectivity index (χ1) is 12.4. The molecule has 0 aliphatic heterocycles. The number of aliphatic hydroxyl groups excluding tert-OH is 5. The van der Waals surface area contributed by atoms with Crippen molar-refractivity contribution in [1.29, 1.82) is 0 Å². The third-order valence-electron chi connectivity index (χ3n) is 4.22. The largest absolute Gasteiger partial charge is 0.394 e. The van der Waals surface area contributed by atoms with E-state index >= 15 is 0 Å². The molecule has 4 atom stereocenters. The van der Waals surface area contributed by atoms with Crippen LogP contribution in [0.15, 0.2) is 0 Å². The van der Waals surface area contributed by atoms with Crippen molar-refractivity contribution in [3.8, 4) is 0 Å². The summed E-state index contributed by atoms with van der Waals surface area (Å²) < 4.78 is 0. The molecule has 0 aromatic carbocycles. The summed E-state index contributed by atoms with van der Waals surface area (Å²) in [6, 6.07) is 0. The fourth-order valence-corrected chi connectivity index (χ4v) is 2.37. The van der Waals surface area contributed by atoms with Crippen molar-refractivity contribution < 1.29 is 25.5 Å². The van der Waals surface area contributed by atoms with E-state index in [1.165, 1.54) is 58.2 Å². The van der Waals surface area contributed by atoms with Gasteiger partial charge < -0.3 is 35.7 Å². The van der Waals surface area contributed by atoms with E-state index in [9.17, 15) is 5.11 Å². The number of hydrogen-bond donors (Lipinski definition) is 6. The Morgan fingerprint density at radius 1 is 0.731 bits per heavy atom. The van der Waals surface area contributed by atoms with Crippen LogP contribution in [-0.4, -0.2) is 94.7 Å². The van der Waals surface area contributed by atoms with Crippen molar-refractivity contribution >= 4 is 0 Å². The molecule has 0 amide bonds. The number of likely N-dealkylation sites (N-methyl/N-ethyl adjacent to an activating group) is 1. The summed E-state index contributed by atoms with van der Waals surface area (Å²) in [5.41, 5.74) is 0. The molecule has 26 heavy (non-hydrogen) atoms. The van der Waals surface area contributed by atoms with Crippen molar-refractivity contribution in [3.05, 3.63) is 0 Å². The molecule has 160 valence electrons. The molecule has 0 aliphatic carbocycles. The lowest BCUT2D eigenvalue weighted by molar-refractivity contribution is -0.113. The first-order valence-electron chi connectivity index (χ1n) is 10.1. The van der Waals surface area contributed by atoms with Crippen LogP contribution in [0, 0.1) is 0 Å². The molecule has 0 spiro atoms. The number of hydrogen-bond acceptors (Lipinski definition) is 7. The van der Waals surface area contributed by atoms with E-state index in [4.69, 9.17) is 20.4 Å². The monoisotopic (exact) mass is 380 g/mol. The van der Waals surface area contributed by atoms with Crippen molar-refractivity contribution in [1.82, 2.24) is 10.2 Å². The second kappa shape index (κ2) is 19.5. The van der Waals surface area contributed by atoms with Gasteiger partial charge in [-0.25, -0.2) is 0 Å². The van der Waals surface area contributed by atoms with Crippen LogP contribution in [0.4, 0.5) is 0 Å². The van der Waals surface area contributed by atoms with Crippen LogP contribution in [0.25, 0.3) is 0 Å². The van der Waals surface area contributed by atoms with E-state index in [-0.39, 0.29) is 6.54 Å². The molecule has 0 bridgehead atoms. The molecular formula is C19H44N2O5. The van der Waals surface area contributed by atoms with Gasteiger partial charge in [0.05, 0.1) is 12.7 Å². The molecule has 0 aromatic rings. The normalized spacial score (nSPS) is 15.9. The standard InChI is InChI=1S/C12H27N.C7H17NO5/c1-4-7-10-13(11-8-5-2)12-9-6-3;1-8-2-4(10)6(12)7(13)5(11)3-9/h4-12H2,1-3H3;4-13H,2-3H2,1H3/t;4-,5+,6+,7+/m.0/s1. The minimum Gasteiger partial charge on any atom is -0.394 e. The van der Waals surface area contributed by atoms with Gasteiger partial charge in [-0.15, -0.1) is 0 Å².